The van der Waals surface area contributed by atoms with Gasteiger partial charge in [-0.3, -0.25) is 14.5 Å². The molecule has 0 aliphatic rings. The van der Waals surface area contributed by atoms with E-state index in [1.54, 1.807) is 13.8 Å². The van der Waals surface area contributed by atoms with Gasteiger partial charge in [-0.1, -0.05) is 24.8 Å². The average Bonchev–Trinajstić information content (AvgIpc) is 2.46. The van der Waals surface area contributed by atoms with Crippen LogP contribution in [0.1, 0.15) is 26.7 Å². The lowest BCUT2D eigenvalue weighted by molar-refractivity contribution is -0.151. The van der Waals surface area contributed by atoms with Crippen LogP contribution < -0.4 is 4.90 Å². The third-order valence-corrected chi connectivity index (χ3v) is 3.19. The van der Waals surface area contributed by atoms with E-state index in [9.17, 15) is 9.59 Å². The van der Waals surface area contributed by atoms with Crippen LogP contribution in [-0.2, 0) is 14.3 Å². The van der Waals surface area contributed by atoms with E-state index in [1.165, 1.54) is 18.2 Å². The van der Waals surface area contributed by atoms with E-state index in [4.69, 9.17) is 4.74 Å². The van der Waals surface area contributed by atoms with Gasteiger partial charge in [0, 0.05) is 18.3 Å². The number of esters is 1. The maximum Gasteiger partial charge on any atom is 0.311 e. The summed E-state index contributed by atoms with van der Waals surface area (Å²) in [4.78, 5) is 25.3. The van der Waals surface area contributed by atoms with Crippen LogP contribution in [0.2, 0.25) is 0 Å². The molecule has 1 amide bonds. The molecular formula is C16H21NO3. The molecule has 0 unspecified atom stereocenters. The van der Waals surface area contributed by atoms with Gasteiger partial charge in [0.1, 0.15) is 0 Å². The van der Waals surface area contributed by atoms with E-state index in [0.29, 0.717) is 6.42 Å². The van der Waals surface area contributed by atoms with Crippen LogP contribution in [-0.4, -0.2) is 19.0 Å². The molecule has 1 aromatic carbocycles. The van der Waals surface area contributed by atoms with Crippen LogP contribution in [0.25, 0.3) is 0 Å². The predicted octanol–water partition coefficient (Wildman–Crippen LogP) is 3.14. The molecule has 0 atom stereocenters. The Morgan fingerprint density at radius 3 is 2.40 bits per heavy atom. The summed E-state index contributed by atoms with van der Waals surface area (Å²) in [5.74, 6) is -0.404. The van der Waals surface area contributed by atoms with E-state index < -0.39 is 5.41 Å². The standard InChI is InChI=1S/C16H21NO3/c1-5-17(13-9-7-6-8-10-13)14(18)11-12-16(2,3)15(19)20-4/h5-10H,1,11-12H2,2-4H3. The second-order valence-corrected chi connectivity index (χ2v) is 5.16. The fraction of sp³-hybridized carbons (Fsp3) is 0.375. The molecule has 1 rings (SSSR count). The molecule has 0 radical (unpaired) electrons. The average molecular weight is 275 g/mol. The van der Waals surface area contributed by atoms with Crippen LogP contribution in [0.3, 0.4) is 0 Å². The van der Waals surface area contributed by atoms with E-state index in [1.807, 2.05) is 30.3 Å². The first kappa shape index (κ1) is 16.0. The summed E-state index contributed by atoms with van der Waals surface area (Å²) < 4.78 is 4.73. The lowest BCUT2D eigenvalue weighted by Crippen LogP contribution is -2.30. The summed E-state index contributed by atoms with van der Waals surface area (Å²) >= 11 is 0. The van der Waals surface area contributed by atoms with Crippen molar-refractivity contribution in [1.29, 1.82) is 0 Å². The molecule has 0 N–H and O–H groups in total. The number of carbonyl (C=O) groups is 2. The number of benzene rings is 1. The summed E-state index contributed by atoms with van der Waals surface area (Å²) in [7, 11) is 1.35. The van der Waals surface area contributed by atoms with Gasteiger partial charge in [-0.2, -0.15) is 0 Å². The van der Waals surface area contributed by atoms with E-state index in [0.717, 1.165) is 5.69 Å². The first-order valence-electron chi connectivity index (χ1n) is 6.50. The van der Waals surface area contributed by atoms with Crippen molar-refractivity contribution in [2.24, 2.45) is 5.41 Å². The highest BCUT2D eigenvalue weighted by atomic mass is 16.5. The molecule has 1 aromatic rings. The number of hydrogen-bond acceptors (Lipinski definition) is 3. The largest absolute Gasteiger partial charge is 0.469 e. The fourth-order valence-electron chi connectivity index (χ4n) is 1.86. The Bertz CT molecular complexity index is 480. The molecule has 0 bridgehead atoms. The fourth-order valence-corrected chi connectivity index (χ4v) is 1.86. The number of rotatable bonds is 6. The second kappa shape index (κ2) is 6.89. The van der Waals surface area contributed by atoms with Gasteiger partial charge in [0.05, 0.1) is 12.5 Å². The quantitative estimate of drug-likeness (QED) is 0.749. The highest BCUT2D eigenvalue weighted by molar-refractivity contribution is 5.95. The van der Waals surface area contributed by atoms with Crippen LogP contribution in [0.5, 0.6) is 0 Å². The minimum absolute atomic E-state index is 0.0943. The minimum atomic E-state index is -0.673. The van der Waals surface area contributed by atoms with Crippen LogP contribution in [0.15, 0.2) is 43.1 Å². The number of methoxy groups -OCH3 is 1. The van der Waals surface area contributed by atoms with E-state index in [-0.39, 0.29) is 18.3 Å². The first-order chi connectivity index (χ1) is 9.42. The van der Waals surface area contributed by atoms with Crippen molar-refractivity contribution in [2.45, 2.75) is 26.7 Å². The SMILES string of the molecule is C=CN(C(=O)CCC(C)(C)C(=O)OC)c1ccccc1. The van der Waals surface area contributed by atoms with Crippen molar-refractivity contribution in [3.8, 4) is 0 Å². The second-order valence-electron chi connectivity index (χ2n) is 5.16. The Labute approximate surface area is 120 Å². The number of para-hydroxylation sites is 1. The van der Waals surface area contributed by atoms with Crippen molar-refractivity contribution in [3.05, 3.63) is 43.1 Å². The van der Waals surface area contributed by atoms with Gasteiger partial charge in [-0.05, 0) is 32.4 Å². The molecule has 0 aliphatic heterocycles. The molecule has 0 fully saturated rings. The maximum absolute atomic E-state index is 12.2. The number of amides is 1. The van der Waals surface area contributed by atoms with E-state index in [2.05, 4.69) is 6.58 Å². The topological polar surface area (TPSA) is 46.6 Å². The van der Waals surface area contributed by atoms with Crippen molar-refractivity contribution in [3.63, 3.8) is 0 Å². The van der Waals surface area contributed by atoms with Gasteiger partial charge in [-0.25, -0.2) is 0 Å². The Hall–Kier alpha value is -2.10. The lowest BCUT2D eigenvalue weighted by atomic mass is 9.87. The smallest absolute Gasteiger partial charge is 0.311 e. The van der Waals surface area contributed by atoms with Crippen molar-refractivity contribution >= 4 is 17.6 Å². The van der Waals surface area contributed by atoms with Gasteiger partial charge < -0.3 is 4.74 Å². The highest BCUT2D eigenvalue weighted by Crippen LogP contribution is 2.25. The molecule has 0 saturated carbocycles. The molecule has 4 nitrogen and oxygen atoms in total. The zero-order valence-corrected chi connectivity index (χ0v) is 12.3. The van der Waals surface area contributed by atoms with Crippen LogP contribution in [0.4, 0.5) is 5.69 Å². The Morgan fingerprint density at radius 2 is 1.90 bits per heavy atom. The Balaban J connectivity index is 2.71. The summed E-state index contributed by atoms with van der Waals surface area (Å²) in [6, 6.07) is 9.28. The third kappa shape index (κ3) is 3.95. The zero-order valence-electron chi connectivity index (χ0n) is 12.3. The zero-order chi connectivity index (χ0) is 15.2. The molecule has 108 valence electrons. The molecule has 4 heteroatoms. The van der Waals surface area contributed by atoms with Gasteiger partial charge in [0.15, 0.2) is 0 Å². The van der Waals surface area contributed by atoms with Gasteiger partial charge >= 0.3 is 5.97 Å². The normalized spacial score (nSPS) is 10.8. The molecule has 0 saturated heterocycles. The highest BCUT2D eigenvalue weighted by Gasteiger charge is 2.29. The molecule has 0 aromatic heterocycles. The summed E-state index contributed by atoms with van der Waals surface area (Å²) in [5, 5.41) is 0. The summed E-state index contributed by atoms with van der Waals surface area (Å²) in [6.45, 7) is 7.21. The van der Waals surface area contributed by atoms with Crippen molar-refractivity contribution < 1.29 is 14.3 Å². The number of hydrogen-bond donors (Lipinski definition) is 0. The van der Waals surface area contributed by atoms with Gasteiger partial charge in [-0.15, -0.1) is 0 Å². The summed E-state index contributed by atoms with van der Waals surface area (Å²) in [5.41, 5.74) is 0.0943. The minimum Gasteiger partial charge on any atom is -0.469 e. The summed E-state index contributed by atoms with van der Waals surface area (Å²) in [6.07, 6.45) is 2.17. The number of ether oxygens (including phenoxy) is 1. The maximum atomic E-state index is 12.2. The first-order valence-corrected chi connectivity index (χ1v) is 6.50. The predicted molar refractivity (Wildman–Crippen MR) is 79.2 cm³/mol. The van der Waals surface area contributed by atoms with Crippen molar-refractivity contribution in [2.75, 3.05) is 12.0 Å². The number of nitrogens with zero attached hydrogens (tertiary/aromatic N) is 1. The monoisotopic (exact) mass is 275 g/mol. The molecular weight excluding hydrogens is 254 g/mol. The molecule has 0 aliphatic carbocycles. The van der Waals surface area contributed by atoms with Crippen LogP contribution in [0, 0.1) is 5.41 Å². The van der Waals surface area contributed by atoms with Crippen molar-refractivity contribution in [1.82, 2.24) is 0 Å². The lowest BCUT2D eigenvalue weighted by Gasteiger charge is -2.23. The Kier molecular flexibility index (Phi) is 5.50. The van der Waals surface area contributed by atoms with E-state index >= 15 is 0 Å². The number of anilines is 1. The van der Waals surface area contributed by atoms with Gasteiger partial charge in [0.25, 0.3) is 0 Å². The molecule has 0 spiro atoms. The molecule has 20 heavy (non-hydrogen) atoms. The number of carbonyl (C=O) groups excluding carboxylic acids is 2. The van der Waals surface area contributed by atoms with Crippen LogP contribution >= 0.6 is 0 Å². The Morgan fingerprint density at radius 1 is 1.30 bits per heavy atom. The molecule has 0 heterocycles. The van der Waals surface area contributed by atoms with Gasteiger partial charge in [0.2, 0.25) is 5.91 Å². The third-order valence-electron chi connectivity index (χ3n) is 3.19.